The van der Waals surface area contributed by atoms with Crippen molar-refractivity contribution in [2.45, 2.75) is 6.92 Å². The fourth-order valence-electron chi connectivity index (χ4n) is 0.691. The molecule has 0 aromatic carbocycles. The summed E-state index contributed by atoms with van der Waals surface area (Å²) in [4.78, 5) is 12.4. The molecular weight excluding hydrogens is 144 g/mol. The number of nitrogens with one attached hydrogen (secondary N) is 2. The number of carbonyl (C=O) groups excluding carboxylic acids is 1. The Morgan fingerprint density at radius 3 is 2.55 bits per heavy atom. The molecule has 0 saturated heterocycles. The van der Waals surface area contributed by atoms with E-state index in [4.69, 9.17) is 11.1 Å². The summed E-state index contributed by atoms with van der Waals surface area (Å²) in [6.07, 6.45) is 0. The van der Waals surface area contributed by atoms with Crippen LogP contribution in [0.3, 0.4) is 0 Å². The largest absolute Gasteiger partial charge is 0.386 e. The second-order valence-electron chi connectivity index (χ2n) is 2.09. The highest BCUT2D eigenvalue weighted by Crippen LogP contribution is 1.86. The summed E-state index contributed by atoms with van der Waals surface area (Å²) in [6.45, 7) is 2.58. The van der Waals surface area contributed by atoms with Crippen molar-refractivity contribution in [2.24, 2.45) is 5.73 Å². The number of urea groups is 1. The van der Waals surface area contributed by atoms with Crippen molar-refractivity contribution in [3.8, 4) is 0 Å². The molecule has 0 spiro atoms. The van der Waals surface area contributed by atoms with Crippen molar-refractivity contribution >= 4 is 11.9 Å². The molecule has 0 aliphatic heterocycles. The van der Waals surface area contributed by atoms with Crippen LogP contribution < -0.4 is 11.1 Å². The van der Waals surface area contributed by atoms with Gasteiger partial charge in [0.25, 0.3) is 0 Å². The molecule has 0 radical (unpaired) electrons. The second kappa shape index (κ2) is 4.54. The summed E-state index contributed by atoms with van der Waals surface area (Å²) in [5.41, 5.74) is 5.12. The van der Waals surface area contributed by atoms with Crippen molar-refractivity contribution in [2.75, 3.05) is 20.1 Å². The van der Waals surface area contributed by atoms with Crippen molar-refractivity contribution in [3.63, 3.8) is 0 Å². The van der Waals surface area contributed by atoms with Gasteiger partial charge in [0.1, 0.15) is 5.84 Å². The van der Waals surface area contributed by atoms with E-state index in [2.05, 4.69) is 5.32 Å². The molecular formula is C6H14N4O. The average Bonchev–Trinajstić information content (AvgIpc) is 1.98. The number of nitrogens with zero attached hydrogens (tertiary/aromatic N) is 1. The van der Waals surface area contributed by atoms with Gasteiger partial charge in [0, 0.05) is 13.6 Å². The van der Waals surface area contributed by atoms with Gasteiger partial charge in [-0.25, -0.2) is 4.79 Å². The van der Waals surface area contributed by atoms with Gasteiger partial charge in [-0.05, 0) is 6.92 Å². The maximum absolute atomic E-state index is 10.9. The monoisotopic (exact) mass is 158 g/mol. The maximum atomic E-state index is 10.9. The minimum absolute atomic E-state index is 0.00421. The van der Waals surface area contributed by atoms with E-state index in [0.717, 1.165) is 0 Å². The second-order valence-corrected chi connectivity index (χ2v) is 2.09. The number of rotatable bonds is 3. The quantitative estimate of drug-likeness (QED) is 0.385. The van der Waals surface area contributed by atoms with Crippen molar-refractivity contribution < 1.29 is 4.79 Å². The zero-order valence-corrected chi connectivity index (χ0v) is 6.85. The predicted molar refractivity (Wildman–Crippen MR) is 43.6 cm³/mol. The Labute approximate surface area is 66.1 Å². The lowest BCUT2D eigenvalue weighted by Gasteiger charge is -2.18. The van der Waals surface area contributed by atoms with E-state index in [1.165, 1.54) is 4.90 Å². The third kappa shape index (κ3) is 3.44. The highest BCUT2D eigenvalue weighted by Gasteiger charge is 2.08. The van der Waals surface area contributed by atoms with Crippen LogP contribution >= 0.6 is 0 Å². The molecule has 0 aliphatic carbocycles. The molecule has 0 fully saturated rings. The number of amidine groups is 1. The Bertz CT molecular complexity index is 157. The zero-order valence-electron chi connectivity index (χ0n) is 6.85. The van der Waals surface area contributed by atoms with Crippen LogP contribution in [-0.2, 0) is 0 Å². The lowest BCUT2D eigenvalue weighted by atomic mass is 10.5. The lowest BCUT2D eigenvalue weighted by molar-refractivity contribution is 0.209. The van der Waals surface area contributed by atoms with Crippen LogP contribution in [0.15, 0.2) is 0 Å². The van der Waals surface area contributed by atoms with Crippen LogP contribution in [0.25, 0.3) is 0 Å². The Balaban J connectivity index is 3.94. The van der Waals surface area contributed by atoms with E-state index in [1.807, 2.05) is 6.92 Å². The molecule has 0 saturated carbocycles. The van der Waals surface area contributed by atoms with Gasteiger partial charge in [-0.3, -0.25) is 5.41 Å². The standard InChI is InChI=1S/C6H14N4O/c1-3-10(4-5(7)8)6(11)9-2/h3-4H2,1-2H3,(H3,7,8)(H,9,11). The summed E-state index contributed by atoms with van der Waals surface area (Å²) < 4.78 is 0. The van der Waals surface area contributed by atoms with Gasteiger partial charge in [-0.2, -0.15) is 0 Å². The summed E-state index contributed by atoms with van der Waals surface area (Å²) in [5.74, 6) is -0.00421. The third-order valence-electron chi connectivity index (χ3n) is 1.24. The molecule has 0 aromatic heterocycles. The molecule has 0 rings (SSSR count). The number of hydrogen-bond donors (Lipinski definition) is 3. The van der Waals surface area contributed by atoms with Crippen LogP contribution in [0.5, 0.6) is 0 Å². The number of carbonyl (C=O) groups is 1. The van der Waals surface area contributed by atoms with Gasteiger partial charge < -0.3 is 16.0 Å². The average molecular weight is 158 g/mol. The Kier molecular flexibility index (Phi) is 4.02. The first-order chi connectivity index (χ1) is 5.11. The topological polar surface area (TPSA) is 82.2 Å². The van der Waals surface area contributed by atoms with Crippen LogP contribution in [-0.4, -0.2) is 36.9 Å². The van der Waals surface area contributed by atoms with E-state index < -0.39 is 0 Å². The molecule has 5 nitrogen and oxygen atoms in total. The molecule has 0 atom stereocenters. The smallest absolute Gasteiger partial charge is 0.317 e. The van der Waals surface area contributed by atoms with Gasteiger partial charge >= 0.3 is 6.03 Å². The molecule has 64 valence electrons. The molecule has 0 bridgehead atoms. The Morgan fingerprint density at radius 1 is 1.73 bits per heavy atom. The minimum Gasteiger partial charge on any atom is -0.386 e. The normalized spacial score (nSPS) is 8.91. The maximum Gasteiger partial charge on any atom is 0.317 e. The Morgan fingerprint density at radius 2 is 2.27 bits per heavy atom. The molecule has 4 N–H and O–H groups in total. The van der Waals surface area contributed by atoms with Crippen molar-refractivity contribution in [3.05, 3.63) is 0 Å². The number of likely N-dealkylation sites (N-methyl/N-ethyl adjacent to an activating group) is 1. The molecule has 2 amide bonds. The van der Waals surface area contributed by atoms with Crippen molar-refractivity contribution in [1.29, 1.82) is 5.41 Å². The summed E-state index contributed by atoms with van der Waals surface area (Å²) in [5, 5.41) is 9.41. The number of hydrogen-bond acceptors (Lipinski definition) is 2. The van der Waals surface area contributed by atoms with Gasteiger partial charge in [0.2, 0.25) is 0 Å². The summed E-state index contributed by atoms with van der Waals surface area (Å²) in [6, 6.07) is -0.206. The van der Waals surface area contributed by atoms with Crippen LogP contribution in [0, 0.1) is 5.41 Å². The zero-order chi connectivity index (χ0) is 8.85. The van der Waals surface area contributed by atoms with Crippen molar-refractivity contribution in [1.82, 2.24) is 10.2 Å². The first kappa shape index (κ1) is 9.74. The minimum atomic E-state index is -0.206. The highest BCUT2D eigenvalue weighted by atomic mass is 16.2. The Hall–Kier alpha value is -1.26. The van der Waals surface area contributed by atoms with Crippen LogP contribution in [0.1, 0.15) is 6.92 Å². The first-order valence-electron chi connectivity index (χ1n) is 3.41. The van der Waals surface area contributed by atoms with E-state index in [-0.39, 0.29) is 18.4 Å². The van der Waals surface area contributed by atoms with Gasteiger partial charge in [0.15, 0.2) is 0 Å². The van der Waals surface area contributed by atoms with E-state index in [0.29, 0.717) is 6.54 Å². The van der Waals surface area contributed by atoms with Gasteiger partial charge in [-0.15, -0.1) is 0 Å². The first-order valence-corrected chi connectivity index (χ1v) is 3.41. The lowest BCUT2D eigenvalue weighted by Crippen LogP contribution is -2.42. The van der Waals surface area contributed by atoms with Crippen LogP contribution in [0.2, 0.25) is 0 Å². The molecule has 0 aromatic rings. The molecule has 0 heterocycles. The molecule has 11 heavy (non-hydrogen) atoms. The third-order valence-corrected chi connectivity index (χ3v) is 1.24. The fraction of sp³-hybridized carbons (Fsp3) is 0.667. The summed E-state index contributed by atoms with van der Waals surface area (Å²) >= 11 is 0. The van der Waals surface area contributed by atoms with E-state index >= 15 is 0 Å². The SMILES string of the molecule is CCN(CC(=N)N)C(=O)NC. The predicted octanol–water partition coefficient (Wildman–Crippen LogP) is -0.416. The molecule has 0 aliphatic rings. The van der Waals surface area contributed by atoms with E-state index in [1.54, 1.807) is 7.05 Å². The number of amides is 2. The fourth-order valence-corrected chi connectivity index (χ4v) is 0.691. The highest BCUT2D eigenvalue weighted by molar-refractivity contribution is 5.84. The van der Waals surface area contributed by atoms with Gasteiger partial charge in [-0.1, -0.05) is 0 Å². The van der Waals surface area contributed by atoms with E-state index in [9.17, 15) is 4.79 Å². The summed E-state index contributed by atoms with van der Waals surface area (Å²) in [7, 11) is 1.55. The molecule has 5 heteroatoms. The van der Waals surface area contributed by atoms with Gasteiger partial charge in [0.05, 0.1) is 6.54 Å². The number of nitrogens with two attached hydrogens (primary N) is 1. The molecule has 0 unspecified atom stereocenters. The van der Waals surface area contributed by atoms with Crippen LogP contribution in [0.4, 0.5) is 4.79 Å².